The molecule has 2 nitrogen and oxygen atoms in total. The number of rotatable bonds is 7. The summed E-state index contributed by atoms with van der Waals surface area (Å²) >= 11 is 0. The first-order valence-electron chi connectivity index (χ1n) is 8.76. The molecule has 1 heterocycles. The number of aromatic nitrogens is 2. The Bertz CT molecular complexity index is 745. The SMILES string of the molecule is Cc1ccc(CC(CCc2ccccc2)Cn2ccnc2)c(C)c1. The van der Waals surface area contributed by atoms with Crippen molar-refractivity contribution in [2.45, 2.75) is 39.7 Å². The molecule has 0 N–H and O–H groups in total. The number of benzene rings is 2. The summed E-state index contributed by atoms with van der Waals surface area (Å²) in [5.41, 5.74) is 5.64. The van der Waals surface area contributed by atoms with Gasteiger partial charge in [-0.3, -0.25) is 0 Å². The van der Waals surface area contributed by atoms with E-state index >= 15 is 0 Å². The molecule has 2 aromatic carbocycles. The number of hydrogen-bond acceptors (Lipinski definition) is 1. The van der Waals surface area contributed by atoms with Gasteiger partial charge >= 0.3 is 0 Å². The van der Waals surface area contributed by atoms with Crippen molar-refractivity contribution in [2.75, 3.05) is 0 Å². The summed E-state index contributed by atoms with van der Waals surface area (Å²) < 4.78 is 2.21. The summed E-state index contributed by atoms with van der Waals surface area (Å²) in [6, 6.07) is 17.6. The van der Waals surface area contributed by atoms with E-state index in [1.807, 2.05) is 12.5 Å². The maximum Gasteiger partial charge on any atom is 0.0945 e. The second-order valence-corrected chi connectivity index (χ2v) is 6.78. The van der Waals surface area contributed by atoms with Gasteiger partial charge in [-0.25, -0.2) is 4.98 Å². The van der Waals surface area contributed by atoms with Gasteiger partial charge < -0.3 is 4.57 Å². The van der Waals surface area contributed by atoms with Gasteiger partial charge in [0.1, 0.15) is 0 Å². The Morgan fingerprint density at radius 2 is 1.88 bits per heavy atom. The van der Waals surface area contributed by atoms with Gasteiger partial charge in [0.2, 0.25) is 0 Å². The van der Waals surface area contributed by atoms with Crippen molar-refractivity contribution in [1.29, 1.82) is 0 Å². The van der Waals surface area contributed by atoms with Crippen LogP contribution >= 0.6 is 0 Å². The molecule has 0 bridgehead atoms. The molecule has 1 atom stereocenters. The van der Waals surface area contributed by atoms with Crippen LogP contribution in [0.4, 0.5) is 0 Å². The van der Waals surface area contributed by atoms with Crippen molar-refractivity contribution < 1.29 is 0 Å². The average molecular weight is 318 g/mol. The lowest BCUT2D eigenvalue weighted by molar-refractivity contribution is 0.411. The normalized spacial score (nSPS) is 12.2. The van der Waals surface area contributed by atoms with E-state index in [9.17, 15) is 0 Å². The first-order valence-corrected chi connectivity index (χ1v) is 8.76. The zero-order valence-electron chi connectivity index (χ0n) is 14.7. The molecule has 1 aromatic heterocycles. The molecular weight excluding hydrogens is 292 g/mol. The number of hydrogen-bond donors (Lipinski definition) is 0. The van der Waals surface area contributed by atoms with Crippen molar-refractivity contribution in [3.8, 4) is 0 Å². The van der Waals surface area contributed by atoms with Crippen LogP contribution in [-0.2, 0) is 19.4 Å². The van der Waals surface area contributed by atoms with Gasteiger partial charge in [0.25, 0.3) is 0 Å². The Hall–Kier alpha value is -2.35. The Balaban J connectivity index is 1.71. The average Bonchev–Trinajstić information content (AvgIpc) is 3.09. The second-order valence-electron chi connectivity index (χ2n) is 6.78. The number of nitrogens with zero attached hydrogens (tertiary/aromatic N) is 2. The van der Waals surface area contributed by atoms with Crippen molar-refractivity contribution in [1.82, 2.24) is 9.55 Å². The van der Waals surface area contributed by atoms with Crippen molar-refractivity contribution in [3.63, 3.8) is 0 Å². The van der Waals surface area contributed by atoms with Crippen molar-refractivity contribution >= 4 is 0 Å². The van der Waals surface area contributed by atoms with E-state index in [4.69, 9.17) is 0 Å². The molecule has 3 aromatic rings. The number of imidazole rings is 1. The molecule has 0 aliphatic heterocycles. The maximum absolute atomic E-state index is 4.19. The minimum absolute atomic E-state index is 0.612. The Morgan fingerprint density at radius 3 is 2.58 bits per heavy atom. The highest BCUT2D eigenvalue weighted by molar-refractivity contribution is 5.30. The molecule has 24 heavy (non-hydrogen) atoms. The Kier molecular flexibility index (Phi) is 5.47. The zero-order chi connectivity index (χ0) is 16.8. The fourth-order valence-electron chi connectivity index (χ4n) is 3.35. The topological polar surface area (TPSA) is 17.8 Å². The lowest BCUT2D eigenvalue weighted by atomic mass is 9.90. The second kappa shape index (κ2) is 7.96. The third kappa shape index (κ3) is 4.58. The van der Waals surface area contributed by atoms with Crippen LogP contribution in [0.1, 0.15) is 28.7 Å². The van der Waals surface area contributed by atoms with E-state index in [1.54, 1.807) is 0 Å². The number of aryl methyl sites for hydroxylation is 3. The standard InChI is InChI=1S/C22H26N2/c1-18-8-11-22(19(2)14-18)15-21(16-24-13-12-23-17-24)10-9-20-6-4-3-5-7-20/h3-8,11-14,17,21H,9-10,15-16H2,1-2H3. The van der Waals surface area contributed by atoms with E-state index < -0.39 is 0 Å². The van der Waals surface area contributed by atoms with Crippen LogP contribution < -0.4 is 0 Å². The molecule has 0 saturated heterocycles. The molecule has 0 aliphatic rings. The Labute approximate surface area is 145 Å². The molecule has 0 amide bonds. The van der Waals surface area contributed by atoms with Crippen LogP contribution in [0.15, 0.2) is 67.3 Å². The van der Waals surface area contributed by atoms with Crippen LogP contribution in [0.25, 0.3) is 0 Å². The van der Waals surface area contributed by atoms with Gasteiger partial charge in [-0.2, -0.15) is 0 Å². The molecule has 124 valence electrons. The maximum atomic E-state index is 4.19. The van der Waals surface area contributed by atoms with Gasteiger partial charge in [-0.05, 0) is 55.7 Å². The quantitative estimate of drug-likeness (QED) is 0.600. The van der Waals surface area contributed by atoms with Gasteiger partial charge in [-0.1, -0.05) is 54.1 Å². The summed E-state index contributed by atoms with van der Waals surface area (Å²) in [6.07, 6.45) is 9.30. The van der Waals surface area contributed by atoms with E-state index in [0.29, 0.717) is 5.92 Å². The van der Waals surface area contributed by atoms with Crippen molar-refractivity contribution in [2.24, 2.45) is 5.92 Å². The monoisotopic (exact) mass is 318 g/mol. The van der Waals surface area contributed by atoms with Gasteiger partial charge in [0.05, 0.1) is 6.33 Å². The van der Waals surface area contributed by atoms with E-state index in [1.165, 1.54) is 28.7 Å². The molecule has 0 saturated carbocycles. The minimum atomic E-state index is 0.612. The lowest BCUT2D eigenvalue weighted by Gasteiger charge is -2.19. The van der Waals surface area contributed by atoms with Crippen LogP contribution in [0.3, 0.4) is 0 Å². The lowest BCUT2D eigenvalue weighted by Crippen LogP contribution is -2.14. The van der Waals surface area contributed by atoms with Crippen LogP contribution in [0.5, 0.6) is 0 Å². The molecule has 0 radical (unpaired) electrons. The smallest absolute Gasteiger partial charge is 0.0945 e. The van der Waals surface area contributed by atoms with Gasteiger partial charge in [0.15, 0.2) is 0 Å². The van der Waals surface area contributed by atoms with Gasteiger partial charge in [-0.15, -0.1) is 0 Å². The van der Waals surface area contributed by atoms with Crippen LogP contribution in [0.2, 0.25) is 0 Å². The fraction of sp³-hybridized carbons (Fsp3) is 0.318. The third-order valence-electron chi connectivity index (χ3n) is 4.72. The van der Waals surface area contributed by atoms with E-state index in [0.717, 1.165) is 19.4 Å². The highest BCUT2D eigenvalue weighted by atomic mass is 15.0. The fourth-order valence-corrected chi connectivity index (χ4v) is 3.35. The summed E-state index contributed by atoms with van der Waals surface area (Å²) in [7, 11) is 0. The molecule has 1 unspecified atom stereocenters. The Morgan fingerprint density at radius 1 is 1.04 bits per heavy atom. The van der Waals surface area contributed by atoms with Crippen LogP contribution in [0, 0.1) is 19.8 Å². The minimum Gasteiger partial charge on any atom is -0.337 e. The summed E-state index contributed by atoms with van der Waals surface area (Å²) in [6.45, 7) is 5.42. The third-order valence-corrected chi connectivity index (χ3v) is 4.72. The predicted molar refractivity (Wildman–Crippen MR) is 100 cm³/mol. The van der Waals surface area contributed by atoms with E-state index in [2.05, 4.69) is 78.1 Å². The summed E-state index contributed by atoms with van der Waals surface area (Å²) in [5.74, 6) is 0.612. The highest BCUT2D eigenvalue weighted by Crippen LogP contribution is 2.21. The molecule has 0 fully saturated rings. The molecule has 2 heteroatoms. The zero-order valence-corrected chi connectivity index (χ0v) is 14.7. The van der Waals surface area contributed by atoms with Gasteiger partial charge in [0, 0.05) is 18.9 Å². The molecule has 0 aliphatic carbocycles. The summed E-state index contributed by atoms with van der Waals surface area (Å²) in [4.78, 5) is 4.19. The van der Waals surface area contributed by atoms with Crippen molar-refractivity contribution in [3.05, 3.63) is 89.5 Å². The predicted octanol–water partition coefficient (Wildman–Crippen LogP) is 4.99. The molecular formula is C22H26N2. The first-order chi connectivity index (χ1) is 11.7. The first kappa shape index (κ1) is 16.5. The largest absolute Gasteiger partial charge is 0.337 e. The van der Waals surface area contributed by atoms with E-state index in [-0.39, 0.29) is 0 Å². The highest BCUT2D eigenvalue weighted by Gasteiger charge is 2.13. The summed E-state index contributed by atoms with van der Waals surface area (Å²) in [5, 5.41) is 0. The van der Waals surface area contributed by atoms with Crippen LogP contribution in [-0.4, -0.2) is 9.55 Å². The molecule has 0 spiro atoms. The molecule has 3 rings (SSSR count).